The van der Waals surface area contributed by atoms with Crippen molar-refractivity contribution in [1.29, 1.82) is 0 Å². The first kappa shape index (κ1) is 22.8. The van der Waals surface area contributed by atoms with E-state index in [1.54, 1.807) is 73.8 Å². The highest BCUT2D eigenvalue weighted by molar-refractivity contribution is 7.92. The molecule has 166 valence electrons. The second kappa shape index (κ2) is 10.5. The third-order valence-electron chi connectivity index (χ3n) is 4.50. The van der Waals surface area contributed by atoms with Gasteiger partial charge >= 0.3 is 0 Å². The number of ether oxygens (including phenoxy) is 2. The van der Waals surface area contributed by atoms with Crippen molar-refractivity contribution in [2.45, 2.75) is 4.90 Å². The first-order chi connectivity index (χ1) is 15.4. The van der Waals surface area contributed by atoms with Crippen molar-refractivity contribution >= 4 is 27.8 Å². The van der Waals surface area contributed by atoms with Crippen molar-refractivity contribution in [3.8, 4) is 11.5 Å². The summed E-state index contributed by atoms with van der Waals surface area (Å²) in [6.07, 6.45) is 1.46. The molecule has 1 N–H and O–H groups in total. The number of carbonyl (C=O) groups excluding carboxylic acids is 1. The number of sulfonamides is 1. The van der Waals surface area contributed by atoms with Crippen LogP contribution in [0.15, 0.2) is 88.9 Å². The molecule has 0 radical (unpaired) electrons. The predicted molar refractivity (Wildman–Crippen MR) is 123 cm³/mol. The SMILES string of the molecule is COc1ccc(/C=N\NC(=O)CN(c2ccc(OC)cc2)S(=O)(=O)c2ccccc2)cc1. The summed E-state index contributed by atoms with van der Waals surface area (Å²) >= 11 is 0. The number of benzene rings is 3. The maximum Gasteiger partial charge on any atom is 0.264 e. The van der Waals surface area contributed by atoms with Gasteiger partial charge in [-0.2, -0.15) is 5.10 Å². The molecule has 3 aromatic carbocycles. The van der Waals surface area contributed by atoms with Crippen LogP contribution >= 0.6 is 0 Å². The van der Waals surface area contributed by atoms with Crippen LogP contribution in [0.25, 0.3) is 0 Å². The van der Waals surface area contributed by atoms with E-state index in [0.29, 0.717) is 17.2 Å². The van der Waals surface area contributed by atoms with Crippen LogP contribution in [0, 0.1) is 0 Å². The van der Waals surface area contributed by atoms with E-state index in [0.717, 1.165) is 9.87 Å². The Kier molecular flexibility index (Phi) is 7.45. The molecule has 0 saturated carbocycles. The van der Waals surface area contributed by atoms with Gasteiger partial charge < -0.3 is 9.47 Å². The maximum atomic E-state index is 13.2. The van der Waals surface area contributed by atoms with Gasteiger partial charge in [-0.3, -0.25) is 9.10 Å². The molecule has 0 aliphatic carbocycles. The molecule has 0 bridgehead atoms. The van der Waals surface area contributed by atoms with Crippen LogP contribution in [-0.2, 0) is 14.8 Å². The van der Waals surface area contributed by atoms with E-state index in [2.05, 4.69) is 10.5 Å². The summed E-state index contributed by atoms with van der Waals surface area (Å²) in [5, 5.41) is 3.92. The van der Waals surface area contributed by atoms with Gasteiger partial charge in [-0.25, -0.2) is 13.8 Å². The van der Waals surface area contributed by atoms with Crippen LogP contribution in [0.3, 0.4) is 0 Å². The van der Waals surface area contributed by atoms with Gasteiger partial charge in [-0.05, 0) is 66.2 Å². The first-order valence-electron chi connectivity index (χ1n) is 9.62. The minimum atomic E-state index is -3.99. The van der Waals surface area contributed by atoms with E-state index in [1.807, 2.05) is 0 Å². The Labute approximate surface area is 187 Å². The number of hydrazone groups is 1. The number of carbonyl (C=O) groups is 1. The van der Waals surface area contributed by atoms with Crippen LogP contribution in [0.2, 0.25) is 0 Å². The molecule has 9 heteroatoms. The molecular formula is C23H23N3O5S. The molecule has 0 atom stereocenters. The highest BCUT2D eigenvalue weighted by Crippen LogP contribution is 2.25. The highest BCUT2D eigenvalue weighted by Gasteiger charge is 2.27. The minimum absolute atomic E-state index is 0.0744. The molecule has 0 aromatic heterocycles. The molecule has 0 saturated heterocycles. The third-order valence-corrected chi connectivity index (χ3v) is 6.29. The Morgan fingerprint density at radius 3 is 2.03 bits per heavy atom. The van der Waals surface area contributed by atoms with Crippen LogP contribution in [0.4, 0.5) is 5.69 Å². The number of hydrogen-bond donors (Lipinski definition) is 1. The Morgan fingerprint density at radius 1 is 0.906 bits per heavy atom. The van der Waals surface area contributed by atoms with E-state index in [4.69, 9.17) is 9.47 Å². The molecular weight excluding hydrogens is 430 g/mol. The summed E-state index contributed by atoms with van der Waals surface area (Å²) in [5.41, 5.74) is 3.44. The van der Waals surface area contributed by atoms with Crippen molar-refractivity contribution in [2.24, 2.45) is 5.10 Å². The van der Waals surface area contributed by atoms with Gasteiger partial charge in [-0.1, -0.05) is 18.2 Å². The largest absolute Gasteiger partial charge is 0.497 e. The van der Waals surface area contributed by atoms with E-state index < -0.39 is 22.5 Å². The quantitative estimate of drug-likeness (QED) is 0.397. The molecule has 0 aliphatic rings. The van der Waals surface area contributed by atoms with E-state index >= 15 is 0 Å². The number of hydrogen-bond acceptors (Lipinski definition) is 6. The maximum absolute atomic E-state index is 13.2. The Bertz CT molecular complexity index is 1160. The third kappa shape index (κ3) is 5.64. The Morgan fingerprint density at radius 2 is 1.47 bits per heavy atom. The molecule has 0 aliphatic heterocycles. The predicted octanol–water partition coefficient (Wildman–Crippen LogP) is 3.05. The Hall–Kier alpha value is -3.85. The fourth-order valence-corrected chi connectivity index (χ4v) is 4.26. The second-order valence-corrected chi connectivity index (χ2v) is 8.45. The molecule has 32 heavy (non-hydrogen) atoms. The lowest BCUT2D eigenvalue weighted by molar-refractivity contribution is -0.119. The van der Waals surface area contributed by atoms with Crippen molar-refractivity contribution < 1.29 is 22.7 Å². The number of anilines is 1. The summed E-state index contributed by atoms with van der Waals surface area (Å²) < 4.78 is 37.7. The molecule has 0 spiro atoms. The average Bonchev–Trinajstić information content (AvgIpc) is 2.83. The van der Waals surface area contributed by atoms with Gasteiger partial charge in [0.15, 0.2) is 0 Å². The lowest BCUT2D eigenvalue weighted by atomic mass is 10.2. The van der Waals surface area contributed by atoms with Gasteiger partial charge in [0, 0.05) is 0 Å². The molecule has 0 unspecified atom stereocenters. The lowest BCUT2D eigenvalue weighted by Gasteiger charge is -2.23. The van der Waals surface area contributed by atoms with Gasteiger partial charge in [0.05, 0.1) is 31.0 Å². The first-order valence-corrected chi connectivity index (χ1v) is 11.1. The topological polar surface area (TPSA) is 97.3 Å². The fraction of sp³-hybridized carbons (Fsp3) is 0.130. The Balaban J connectivity index is 1.79. The van der Waals surface area contributed by atoms with Crippen LogP contribution in [0.1, 0.15) is 5.56 Å². The zero-order chi connectivity index (χ0) is 23.0. The van der Waals surface area contributed by atoms with Crippen molar-refractivity contribution in [3.05, 3.63) is 84.4 Å². The lowest BCUT2D eigenvalue weighted by Crippen LogP contribution is -2.39. The normalized spacial score (nSPS) is 11.2. The van der Waals surface area contributed by atoms with E-state index in [9.17, 15) is 13.2 Å². The fourth-order valence-electron chi connectivity index (χ4n) is 2.82. The van der Waals surface area contributed by atoms with Crippen molar-refractivity contribution in [2.75, 3.05) is 25.1 Å². The summed E-state index contributed by atoms with van der Waals surface area (Å²) in [6, 6.07) is 21.4. The van der Waals surface area contributed by atoms with Crippen LogP contribution in [-0.4, -0.2) is 41.3 Å². The summed E-state index contributed by atoms with van der Waals surface area (Å²) in [6.45, 7) is -0.455. The molecule has 1 amide bonds. The molecule has 8 nitrogen and oxygen atoms in total. The van der Waals surface area contributed by atoms with E-state index in [-0.39, 0.29) is 4.90 Å². The second-order valence-electron chi connectivity index (χ2n) is 6.59. The van der Waals surface area contributed by atoms with Gasteiger partial charge in [-0.15, -0.1) is 0 Å². The molecule has 3 aromatic rings. The summed E-state index contributed by atoms with van der Waals surface area (Å²) in [5.74, 6) is 0.678. The van der Waals surface area contributed by atoms with Gasteiger partial charge in [0.1, 0.15) is 18.0 Å². The molecule has 3 rings (SSSR count). The van der Waals surface area contributed by atoms with Gasteiger partial charge in [0.25, 0.3) is 15.9 Å². The highest BCUT2D eigenvalue weighted by atomic mass is 32.2. The smallest absolute Gasteiger partial charge is 0.264 e. The van der Waals surface area contributed by atoms with Crippen LogP contribution in [0.5, 0.6) is 11.5 Å². The average molecular weight is 454 g/mol. The van der Waals surface area contributed by atoms with E-state index in [1.165, 1.54) is 25.5 Å². The van der Waals surface area contributed by atoms with Gasteiger partial charge in [0.2, 0.25) is 0 Å². The number of nitrogens with zero attached hydrogens (tertiary/aromatic N) is 2. The number of amides is 1. The summed E-state index contributed by atoms with van der Waals surface area (Å²) in [7, 11) is -0.901. The summed E-state index contributed by atoms with van der Waals surface area (Å²) in [4.78, 5) is 12.6. The zero-order valence-corrected chi connectivity index (χ0v) is 18.5. The number of nitrogens with one attached hydrogen (secondary N) is 1. The zero-order valence-electron chi connectivity index (χ0n) is 17.6. The number of methoxy groups -OCH3 is 2. The standard InChI is InChI=1S/C23H23N3O5S/c1-30-20-12-8-18(9-13-20)16-24-25-23(27)17-26(19-10-14-21(31-2)15-11-19)32(28,29)22-6-4-3-5-7-22/h3-16H,17H2,1-2H3,(H,25,27)/b24-16-. The molecule has 0 fully saturated rings. The van der Waals surface area contributed by atoms with Crippen molar-refractivity contribution in [3.63, 3.8) is 0 Å². The van der Waals surface area contributed by atoms with Crippen LogP contribution < -0.4 is 19.2 Å². The number of rotatable bonds is 9. The minimum Gasteiger partial charge on any atom is -0.497 e. The molecule has 0 heterocycles. The monoisotopic (exact) mass is 453 g/mol. The van der Waals surface area contributed by atoms with Crippen molar-refractivity contribution in [1.82, 2.24) is 5.43 Å².